The maximum atomic E-state index is 5.38. The monoisotopic (exact) mass is 266 g/mol. The molecule has 0 aliphatic carbocycles. The fourth-order valence-corrected chi connectivity index (χ4v) is 1.94. The van der Waals surface area contributed by atoms with E-state index in [4.69, 9.17) is 17.0 Å². The zero-order valence-electron chi connectivity index (χ0n) is 11.3. The summed E-state index contributed by atoms with van der Waals surface area (Å²) in [7, 11) is 3.72. The molecule has 1 rings (SSSR count). The van der Waals surface area contributed by atoms with Crippen molar-refractivity contribution in [1.82, 2.24) is 10.2 Å². The van der Waals surface area contributed by atoms with Crippen LogP contribution in [0.5, 0.6) is 0 Å². The lowest BCUT2D eigenvalue weighted by Gasteiger charge is -2.24. The van der Waals surface area contributed by atoms with Gasteiger partial charge in [0.05, 0.1) is 6.04 Å². The Morgan fingerprint density at radius 2 is 2.06 bits per heavy atom. The van der Waals surface area contributed by atoms with Gasteiger partial charge in [0.25, 0.3) is 0 Å². The van der Waals surface area contributed by atoms with Crippen molar-refractivity contribution in [3.05, 3.63) is 35.9 Å². The van der Waals surface area contributed by atoms with E-state index in [2.05, 4.69) is 24.4 Å². The summed E-state index contributed by atoms with van der Waals surface area (Å²) in [5.41, 5.74) is 1.24. The van der Waals surface area contributed by atoms with Crippen LogP contribution in [0.4, 0.5) is 0 Å². The Morgan fingerprint density at radius 3 is 2.67 bits per heavy atom. The molecule has 18 heavy (non-hydrogen) atoms. The topological polar surface area (TPSA) is 24.5 Å². The van der Waals surface area contributed by atoms with Gasteiger partial charge >= 0.3 is 0 Å². The van der Waals surface area contributed by atoms with Crippen LogP contribution in [0.25, 0.3) is 0 Å². The highest BCUT2D eigenvalue weighted by atomic mass is 32.1. The van der Waals surface area contributed by atoms with Crippen molar-refractivity contribution in [2.24, 2.45) is 0 Å². The summed E-state index contributed by atoms with van der Waals surface area (Å²) in [6.45, 7) is 3.78. The summed E-state index contributed by atoms with van der Waals surface area (Å²) in [6.07, 6.45) is 0.981. The van der Waals surface area contributed by atoms with Crippen molar-refractivity contribution in [2.45, 2.75) is 19.4 Å². The molecule has 4 heteroatoms. The molecule has 1 unspecified atom stereocenters. The van der Waals surface area contributed by atoms with E-state index in [9.17, 15) is 0 Å². The van der Waals surface area contributed by atoms with Crippen molar-refractivity contribution < 1.29 is 4.74 Å². The van der Waals surface area contributed by atoms with Gasteiger partial charge in [-0.05, 0) is 31.1 Å². The van der Waals surface area contributed by atoms with Crippen LogP contribution in [0.15, 0.2) is 30.3 Å². The lowest BCUT2D eigenvalue weighted by molar-refractivity contribution is 0.188. The highest BCUT2D eigenvalue weighted by Gasteiger charge is 2.09. The van der Waals surface area contributed by atoms with Gasteiger partial charge < -0.3 is 15.0 Å². The summed E-state index contributed by atoms with van der Waals surface area (Å²) in [5.74, 6) is 0. The fourth-order valence-electron chi connectivity index (χ4n) is 1.67. The summed E-state index contributed by atoms with van der Waals surface area (Å²) in [4.78, 5) is 2.05. The molecule has 0 spiro atoms. The van der Waals surface area contributed by atoms with Crippen LogP contribution in [0.3, 0.4) is 0 Å². The minimum atomic E-state index is 0.226. The smallest absolute Gasteiger partial charge is 0.169 e. The quantitative estimate of drug-likeness (QED) is 0.632. The largest absolute Gasteiger partial charge is 0.385 e. The Morgan fingerprint density at radius 1 is 1.39 bits per heavy atom. The highest BCUT2D eigenvalue weighted by Crippen LogP contribution is 2.11. The van der Waals surface area contributed by atoms with Gasteiger partial charge in [-0.25, -0.2) is 0 Å². The molecule has 1 atom stereocenters. The molecule has 1 aromatic carbocycles. The number of methoxy groups -OCH3 is 1. The Balaban J connectivity index is 2.39. The molecule has 0 saturated heterocycles. The van der Waals surface area contributed by atoms with Crippen molar-refractivity contribution in [3.8, 4) is 0 Å². The van der Waals surface area contributed by atoms with Crippen molar-refractivity contribution in [2.75, 3.05) is 27.3 Å². The average Bonchev–Trinajstić information content (AvgIpc) is 2.39. The summed E-state index contributed by atoms with van der Waals surface area (Å²) < 4.78 is 5.03. The zero-order valence-corrected chi connectivity index (χ0v) is 12.2. The van der Waals surface area contributed by atoms with Gasteiger partial charge in [-0.15, -0.1) is 0 Å². The molecule has 1 aromatic rings. The van der Waals surface area contributed by atoms with Gasteiger partial charge in [0.1, 0.15) is 0 Å². The molecule has 0 radical (unpaired) electrons. The van der Waals surface area contributed by atoms with Gasteiger partial charge in [0.2, 0.25) is 0 Å². The number of nitrogens with one attached hydrogen (secondary N) is 1. The third kappa shape index (κ3) is 5.02. The lowest BCUT2D eigenvalue weighted by Crippen LogP contribution is -2.39. The van der Waals surface area contributed by atoms with Gasteiger partial charge in [-0.1, -0.05) is 30.3 Å². The first kappa shape index (κ1) is 14.9. The SMILES string of the molecule is COCCCN(C)C(=S)NC(C)c1ccccc1. The molecule has 0 bridgehead atoms. The Hall–Kier alpha value is -1.13. The molecule has 100 valence electrons. The molecular weight excluding hydrogens is 244 g/mol. The molecular formula is C14H22N2OS. The number of nitrogens with zero attached hydrogens (tertiary/aromatic N) is 1. The molecule has 1 N–H and O–H groups in total. The minimum absolute atomic E-state index is 0.226. The molecule has 0 heterocycles. The van der Waals surface area contributed by atoms with E-state index < -0.39 is 0 Å². The van der Waals surface area contributed by atoms with Crippen molar-refractivity contribution in [1.29, 1.82) is 0 Å². The van der Waals surface area contributed by atoms with E-state index >= 15 is 0 Å². The Bertz CT molecular complexity index is 356. The number of rotatable bonds is 6. The normalized spacial score (nSPS) is 11.9. The maximum absolute atomic E-state index is 5.38. The first-order chi connectivity index (χ1) is 8.65. The van der Waals surface area contributed by atoms with Crippen LogP contribution < -0.4 is 5.32 Å². The van der Waals surface area contributed by atoms with Crippen molar-refractivity contribution in [3.63, 3.8) is 0 Å². The third-order valence-electron chi connectivity index (χ3n) is 2.83. The van der Waals surface area contributed by atoms with E-state index in [1.54, 1.807) is 7.11 Å². The first-order valence-electron chi connectivity index (χ1n) is 6.20. The van der Waals surface area contributed by atoms with Crippen LogP contribution in [-0.2, 0) is 4.74 Å². The number of ether oxygens (including phenoxy) is 1. The van der Waals surface area contributed by atoms with Gasteiger partial charge in [-0.2, -0.15) is 0 Å². The Kier molecular flexibility index (Phi) is 6.68. The number of hydrogen-bond donors (Lipinski definition) is 1. The maximum Gasteiger partial charge on any atom is 0.169 e. The van der Waals surface area contributed by atoms with E-state index in [0.29, 0.717) is 0 Å². The van der Waals surface area contributed by atoms with Crippen molar-refractivity contribution >= 4 is 17.3 Å². The third-order valence-corrected chi connectivity index (χ3v) is 3.26. The fraction of sp³-hybridized carbons (Fsp3) is 0.500. The lowest BCUT2D eigenvalue weighted by atomic mass is 10.1. The number of benzene rings is 1. The molecule has 0 aliphatic rings. The minimum Gasteiger partial charge on any atom is -0.385 e. The highest BCUT2D eigenvalue weighted by molar-refractivity contribution is 7.80. The Labute approximate surface area is 115 Å². The van der Waals surface area contributed by atoms with Crippen LogP contribution in [0, 0.1) is 0 Å². The summed E-state index contributed by atoms with van der Waals surface area (Å²) in [6, 6.07) is 10.5. The zero-order chi connectivity index (χ0) is 13.4. The molecule has 0 fully saturated rings. The average molecular weight is 266 g/mol. The molecule has 0 amide bonds. The summed E-state index contributed by atoms with van der Waals surface area (Å²) in [5, 5.41) is 4.12. The van der Waals surface area contributed by atoms with Crippen LogP contribution in [0.1, 0.15) is 24.9 Å². The molecule has 0 aromatic heterocycles. The molecule has 0 saturated carbocycles. The number of thiocarbonyl (C=S) groups is 1. The van der Waals surface area contributed by atoms with E-state index in [1.165, 1.54) is 5.56 Å². The van der Waals surface area contributed by atoms with E-state index in [1.807, 2.05) is 30.1 Å². The van der Waals surface area contributed by atoms with Crippen LogP contribution in [-0.4, -0.2) is 37.3 Å². The first-order valence-corrected chi connectivity index (χ1v) is 6.61. The standard InChI is InChI=1S/C14H22N2OS/c1-12(13-8-5-4-6-9-13)15-14(18)16(2)10-7-11-17-3/h4-6,8-9,12H,7,10-11H2,1-3H3,(H,15,18). The second-order valence-electron chi connectivity index (χ2n) is 4.35. The van der Waals surface area contributed by atoms with E-state index in [0.717, 1.165) is 24.7 Å². The predicted molar refractivity (Wildman–Crippen MR) is 79.7 cm³/mol. The predicted octanol–water partition coefficient (Wildman–Crippen LogP) is 2.59. The van der Waals surface area contributed by atoms with Crippen LogP contribution >= 0.6 is 12.2 Å². The second kappa shape index (κ2) is 8.06. The van der Waals surface area contributed by atoms with Gasteiger partial charge in [0, 0.05) is 27.3 Å². The van der Waals surface area contributed by atoms with Gasteiger partial charge in [-0.3, -0.25) is 0 Å². The molecule has 3 nitrogen and oxygen atoms in total. The second-order valence-corrected chi connectivity index (χ2v) is 4.74. The molecule has 0 aliphatic heterocycles. The van der Waals surface area contributed by atoms with E-state index in [-0.39, 0.29) is 6.04 Å². The number of hydrogen-bond acceptors (Lipinski definition) is 2. The summed E-state index contributed by atoms with van der Waals surface area (Å²) >= 11 is 5.38. The van der Waals surface area contributed by atoms with Gasteiger partial charge in [0.15, 0.2) is 5.11 Å². The van der Waals surface area contributed by atoms with Crippen LogP contribution in [0.2, 0.25) is 0 Å².